The third kappa shape index (κ3) is 2.04. The molecule has 0 aliphatic carbocycles. The molecule has 0 saturated heterocycles. The zero-order valence-corrected chi connectivity index (χ0v) is 7.46. The molecule has 0 spiro atoms. The average molecular weight is 218 g/mol. The predicted molar refractivity (Wildman–Crippen MR) is 39.7 cm³/mol. The van der Waals surface area contributed by atoms with Crippen LogP contribution in [0.15, 0.2) is 10.7 Å². The molecule has 0 radical (unpaired) electrons. The Morgan fingerprint density at radius 3 is 2.91 bits per heavy atom. The first-order valence-corrected chi connectivity index (χ1v) is 3.78. The Morgan fingerprint density at radius 2 is 2.55 bits per heavy atom. The summed E-state index contributed by atoms with van der Waals surface area (Å²) in [6.45, 7) is 1.59. The number of aryl methyl sites for hydroxylation is 1. The van der Waals surface area contributed by atoms with Crippen molar-refractivity contribution in [1.29, 1.82) is 0 Å². The number of nitrogens with zero attached hydrogens (tertiary/aromatic N) is 2. The smallest absolute Gasteiger partial charge is 0.0805 e. The highest BCUT2D eigenvalue weighted by atomic mass is 79.9. The highest BCUT2D eigenvalue weighted by Crippen LogP contribution is 2.12. The van der Waals surface area contributed by atoms with E-state index in [0.717, 1.165) is 10.2 Å². The second-order valence-corrected chi connectivity index (χ2v) is 2.99. The monoisotopic (exact) mass is 217 g/mol. The van der Waals surface area contributed by atoms with E-state index in [2.05, 4.69) is 21.0 Å². The second-order valence-electron chi connectivity index (χ2n) is 2.13. The van der Waals surface area contributed by atoms with Crippen LogP contribution in [-0.4, -0.2) is 15.7 Å². The first-order valence-electron chi connectivity index (χ1n) is 2.99. The van der Waals surface area contributed by atoms with Crippen molar-refractivity contribution >= 4 is 21.9 Å². The van der Waals surface area contributed by atoms with Crippen molar-refractivity contribution in [1.82, 2.24) is 9.78 Å². The zero-order valence-electron chi connectivity index (χ0n) is 5.87. The van der Waals surface area contributed by atoms with Gasteiger partial charge in [-0.25, -0.2) is 0 Å². The molecule has 0 aromatic carbocycles. The maximum atomic E-state index is 10.1. The number of aromatic nitrogens is 2. The van der Waals surface area contributed by atoms with Gasteiger partial charge in [-0.3, -0.25) is 4.68 Å². The number of rotatable bonds is 2. The van der Waals surface area contributed by atoms with E-state index in [-0.39, 0.29) is 6.54 Å². The number of hydrogen-bond acceptors (Lipinski definition) is 3. The van der Waals surface area contributed by atoms with E-state index in [9.17, 15) is 9.90 Å². The lowest BCUT2D eigenvalue weighted by molar-refractivity contribution is -0.306. The molecule has 1 rings (SSSR count). The standard InChI is InChI=1S/C6H7BrN2O2/c1-4-5(7)2-9(8-4)3-6(10)11/h2H,3H2,1H3,(H,10,11)/p-1. The Bertz CT molecular complexity index is 263. The summed E-state index contributed by atoms with van der Waals surface area (Å²) in [6, 6.07) is 0. The summed E-state index contributed by atoms with van der Waals surface area (Å²) in [5, 5.41) is 14.0. The fourth-order valence-corrected chi connectivity index (χ4v) is 1.02. The van der Waals surface area contributed by atoms with Gasteiger partial charge in [0.15, 0.2) is 0 Å². The van der Waals surface area contributed by atoms with E-state index in [1.54, 1.807) is 13.1 Å². The van der Waals surface area contributed by atoms with E-state index in [1.807, 2.05) is 0 Å². The van der Waals surface area contributed by atoms with Gasteiger partial charge in [-0.1, -0.05) is 0 Å². The van der Waals surface area contributed by atoms with Gasteiger partial charge in [0.25, 0.3) is 0 Å². The average Bonchev–Trinajstić information content (AvgIpc) is 2.10. The van der Waals surface area contributed by atoms with Crippen molar-refractivity contribution in [3.63, 3.8) is 0 Å². The van der Waals surface area contributed by atoms with Crippen LogP contribution in [0.3, 0.4) is 0 Å². The summed E-state index contributed by atoms with van der Waals surface area (Å²) in [7, 11) is 0. The SMILES string of the molecule is Cc1nn(CC(=O)[O-])cc1Br. The van der Waals surface area contributed by atoms with Crippen LogP contribution in [-0.2, 0) is 11.3 Å². The topological polar surface area (TPSA) is 58.0 Å². The Hall–Kier alpha value is -0.840. The molecule has 11 heavy (non-hydrogen) atoms. The van der Waals surface area contributed by atoms with Crippen molar-refractivity contribution in [2.24, 2.45) is 0 Å². The number of carbonyl (C=O) groups is 1. The van der Waals surface area contributed by atoms with Crippen molar-refractivity contribution in [2.45, 2.75) is 13.5 Å². The normalized spacial score (nSPS) is 10.0. The summed E-state index contributed by atoms with van der Waals surface area (Å²) in [4.78, 5) is 10.1. The van der Waals surface area contributed by atoms with E-state index < -0.39 is 5.97 Å². The van der Waals surface area contributed by atoms with E-state index in [0.29, 0.717) is 0 Å². The van der Waals surface area contributed by atoms with Gasteiger partial charge < -0.3 is 9.90 Å². The molecule has 1 aromatic heterocycles. The molecule has 0 aliphatic rings. The highest BCUT2D eigenvalue weighted by molar-refractivity contribution is 9.10. The van der Waals surface area contributed by atoms with Gasteiger partial charge in [0.05, 0.1) is 22.7 Å². The maximum Gasteiger partial charge on any atom is 0.0805 e. The Morgan fingerprint density at radius 1 is 1.91 bits per heavy atom. The molecular formula is C6H6BrN2O2-. The van der Waals surface area contributed by atoms with Gasteiger partial charge in [0.1, 0.15) is 0 Å². The number of carboxylic acid groups (broad SMARTS) is 1. The van der Waals surface area contributed by atoms with Crippen LogP contribution in [0.1, 0.15) is 5.69 Å². The van der Waals surface area contributed by atoms with Gasteiger partial charge in [0.2, 0.25) is 0 Å². The summed E-state index contributed by atoms with van der Waals surface area (Å²) >= 11 is 3.21. The Kier molecular flexibility index (Phi) is 2.28. The molecular weight excluding hydrogens is 212 g/mol. The van der Waals surface area contributed by atoms with Crippen LogP contribution in [0.4, 0.5) is 0 Å². The number of carbonyl (C=O) groups excluding carboxylic acids is 1. The number of aliphatic carboxylic acids is 1. The number of carboxylic acids is 1. The third-order valence-corrected chi connectivity index (χ3v) is 1.96. The fourth-order valence-electron chi connectivity index (χ4n) is 0.707. The van der Waals surface area contributed by atoms with Gasteiger partial charge in [-0.2, -0.15) is 5.10 Å². The van der Waals surface area contributed by atoms with Gasteiger partial charge in [-0.05, 0) is 22.9 Å². The van der Waals surface area contributed by atoms with Gasteiger partial charge in [0, 0.05) is 6.20 Å². The Labute approximate surface area is 72.0 Å². The van der Waals surface area contributed by atoms with Crippen LogP contribution < -0.4 is 5.11 Å². The molecule has 0 N–H and O–H groups in total. The quantitative estimate of drug-likeness (QED) is 0.684. The molecule has 5 heteroatoms. The van der Waals surface area contributed by atoms with Crippen molar-refractivity contribution in [2.75, 3.05) is 0 Å². The van der Waals surface area contributed by atoms with Gasteiger partial charge >= 0.3 is 0 Å². The van der Waals surface area contributed by atoms with Crippen LogP contribution in [0.25, 0.3) is 0 Å². The number of hydrogen-bond donors (Lipinski definition) is 0. The van der Waals surface area contributed by atoms with Crippen molar-refractivity contribution in [3.8, 4) is 0 Å². The lowest BCUT2D eigenvalue weighted by Gasteiger charge is -1.99. The molecule has 0 fully saturated rings. The van der Waals surface area contributed by atoms with E-state index >= 15 is 0 Å². The lowest BCUT2D eigenvalue weighted by Crippen LogP contribution is -2.27. The minimum atomic E-state index is -1.14. The van der Waals surface area contributed by atoms with Gasteiger partial charge in [-0.15, -0.1) is 0 Å². The van der Waals surface area contributed by atoms with Crippen molar-refractivity contribution < 1.29 is 9.90 Å². The predicted octanol–water partition coefficient (Wildman–Crippen LogP) is -0.296. The summed E-state index contributed by atoms with van der Waals surface area (Å²) in [5.41, 5.74) is 0.770. The fraction of sp³-hybridized carbons (Fsp3) is 0.333. The van der Waals surface area contributed by atoms with E-state index in [1.165, 1.54) is 4.68 Å². The largest absolute Gasteiger partial charge is 0.548 e. The van der Waals surface area contributed by atoms with Crippen LogP contribution >= 0.6 is 15.9 Å². The van der Waals surface area contributed by atoms with E-state index in [4.69, 9.17) is 0 Å². The minimum Gasteiger partial charge on any atom is -0.548 e. The molecule has 1 aromatic rings. The molecule has 0 bridgehead atoms. The molecule has 0 amide bonds. The molecule has 1 heterocycles. The zero-order chi connectivity index (χ0) is 8.43. The van der Waals surface area contributed by atoms with Crippen LogP contribution in [0.2, 0.25) is 0 Å². The number of halogens is 1. The lowest BCUT2D eigenvalue weighted by atomic mass is 10.5. The second kappa shape index (κ2) is 3.04. The molecule has 0 unspecified atom stereocenters. The maximum absolute atomic E-state index is 10.1. The summed E-state index contributed by atoms with van der Waals surface area (Å²) in [5.74, 6) is -1.14. The Balaban J connectivity index is 2.81. The molecule has 0 atom stereocenters. The summed E-state index contributed by atoms with van der Waals surface area (Å²) < 4.78 is 2.12. The molecule has 0 saturated carbocycles. The third-order valence-electron chi connectivity index (χ3n) is 1.18. The first-order chi connectivity index (χ1) is 5.09. The van der Waals surface area contributed by atoms with Crippen LogP contribution in [0, 0.1) is 6.92 Å². The molecule has 0 aliphatic heterocycles. The summed E-state index contributed by atoms with van der Waals surface area (Å²) in [6.07, 6.45) is 1.60. The van der Waals surface area contributed by atoms with Crippen LogP contribution in [0.5, 0.6) is 0 Å². The first kappa shape index (κ1) is 8.26. The molecule has 4 nitrogen and oxygen atoms in total. The molecule has 60 valence electrons. The van der Waals surface area contributed by atoms with Crippen molar-refractivity contribution in [3.05, 3.63) is 16.4 Å². The highest BCUT2D eigenvalue weighted by Gasteiger charge is 1.99. The minimum absolute atomic E-state index is 0.202.